The van der Waals surface area contributed by atoms with Crippen LogP contribution in [0.3, 0.4) is 0 Å². The van der Waals surface area contributed by atoms with Gasteiger partial charge in [0.1, 0.15) is 0 Å². The van der Waals surface area contributed by atoms with E-state index in [9.17, 15) is 19.8 Å². The molecule has 1 heterocycles. The van der Waals surface area contributed by atoms with Crippen molar-refractivity contribution in [2.45, 2.75) is 44.2 Å². The van der Waals surface area contributed by atoms with Crippen molar-refractivity contribution >= 4 is 35.1 Å². The molecule has 1 aliphatic heterocycles. The van der Waals surface area contributed by atoms with Gasteiger partial charge in [0.05, 0.1) is 25.1 Å². The van der Waals surface area contributed by atoms with E-state index in [0.29, 0.717) is 22.9 Å². The molecule has 30 heavy (non-hydrogen) atoms. The third-order valence-electron chi connectivity index (χ3n) is 5.81. The Morgan fingerprint density at radius 1 is 1.13 bits per heavy atom. The monoisotopic (exact) mass is 449 g/mol. The summed E-state index contributed by atoms with van der Waals surface area (Å²) in [6, 6.07) is 14.0. The van der Waals surface area contributed by atoms with Crippen LogP contribution < -0.4 is 0 Å². The van der Waals surface area contributed by atoms with E-state index in [0.717, 1.165) is 11.1 Å². The van der Waals surface area contributed by atoms with Gasteiger partial charge in [0, 0.05) is 21.9 Å². The highest BCUT2D eigenvalue weighted by Gasteiger charge is 2.45. The van der Waals surface area contributed by atoms with Crippen LogP contribution in [0.4, 0.5) is 0 Å². The number of hydrogen-bond donors (Lipinski definition) is 2. The van der Waals surface area contributed by atoms with Gasteiger partial charge in [-0.3, -0.25) is 9.59 Å². The van der Waals surface area contributed by atoms with Gasteiger partial charge in [0.15, 0.2) is 0 Å². The Labute approximate surface area is 186 Å². The lowest BCUT2D eigenvalue weighted by Gasteiger charge is -2.48. The largest absolute Gasteiger partial charge is 0.481 e. The summed E-state index contributed by atoms with van der Waals surface area (Å²) in [5.74, 6) is -2.10. The molecular formula is C23H25Cl2NO4. The van der Waals surface area contributed by atoms with Crippen molar-refractivity contribution in [3.63, 3.8) is 0 Å². The highest BCUT2D eigenvalue weighted by Crippen LogP contribution is 2.47. The van der Waals surface area contributed by atoms with Gasteiger partial charge in [-0.15, -0.1) is 0 Å². The number of rotatable bonds is 7. The maximum atomic E-state index is 13.4. The van der Waals surface area contributed by atoms with Crippen molar-refractivity contribution in [1.82, 2.24) is 4.90 Å². The lowest BCUT2D eigenvalue weighted by Crippen LogP contribution is -2.53. The number of aliphatic carboxylic acids is 1. The third-order valence-corrected chi connectivity index (χ3v) is 6.29. The van der Waals surface area contributed by atoms with Gasteiger partial charge in [0.25, 0.3) is 0 Å². The molecule has 0 bridgehead atoms. The second-order valence-corrected chi connectivity index (χ2v) is 8.55. The fourth-order valence-electron chi connectivity index (χ4n) is 4.39. The van der Waals surface area contributed by atoms with E-state index in [1.165, 1.54) is 0 Å². The first-order valence-corrected chi connectivity index (χ1v) is 10.8. The summed E-state index contributed by atoms with van der Waals surface area (Å²) in [6.07, 6.45) is 0.688. The number of amides is 1. The topological polar surface area (TPSA) is 77.8 Å². The minimum atomic E-state index is -1.01. The van der Waals surface area contributed by atoms with Gasteiger partial charge < -0.3 is 15.1 Å². The van der Waals surface area contributed by atoms with Crippen LogP contribution in [0.5, 0.6) is 0 Å². The number of aliphatic hydroxyl groups excluding tert-OH is 1. The lowest BCUT2D eigenvalue weighted by atomic mass is 9.74. The molecule has 2 aromatic rings. The summed E-state index contributed by atoms with van der Waals surface area (Å²) < 4.78 is 0. The van der Waals surface area contributed by atoms with E-state index in [1.54, 1.807) is 23.1 Å². The van der Waals surface area contributed by atoms with Crippen molar-refractivity contribution in [2.24, 2.45) is 5.92 Å². The molecule has 0 aliphatic carbocycles. The molecule has 0 aromatic heterocycles. The lowest BCUT2D eigenvalue weighted by molar-refractivity contribution is -0.153. The Hall–Kier alpha value is -2.08. The molecule has 0 radical (unpaired) electrons. The van der Waals surface area contributed by atoms with E-state index in [2.05, 4.69) is 0 Å². The Morgan fingerprint density at radius 3 is 2.40 bits per heavy atom. The zero-order valence-electron chi connectivity index (χ0n) is 16.7. The van der Waals surface area contributed by atoms with E-state index in [4.69, 9.17) is 23.2 Å². The number of hydrogen-bond acceptors (Lipinski definition) is 3. The zero-order valence-corrected chi connectivity index (χ0v) is 18.2. The van der Waals surface area contributed by atoms with Crippen LogP contribution >= 0.6 is 23.2 Å². The van der Waals surface area contributed by atoms with Gasteiger partial charge >= 0.3 is 5.97 Å². The molecular weight excluding hydrogens is 425 g/mol. The molecule has 3 rings (SSSR count). The number of aliphatic hydroxyl groups is 1. The number of nitrogens with zero attached hydrogens (tertiary/aromatic N) is 1. The summed E-state index contributed by atoms with van der Waals surface area (Å²) >= 11 is 12.3. The molecule has 0 spiro atoms. The van der Waals surface area contributed by atoms with Crippen molar-refractivity contribution in [2.75, 3.05) is 6.61 Å². The van der Waals surface area contributed by atoms with Gasteiger partial charge in [-0.2, -0.15) is 0 Å². The minimum Gasteiger partial charge on any atom is -0.481 e. The second kappa shape index (κ2) is 9.82. The van der Waals surface area contributed by atoms with Crippen LogP contribution in [0.25, 0.3) is 0 Å². The maximum absolute atomic E-state index is 13.4. The third kappa shape index (κ3) is 4.80. The van der Waals surface area contributed by atoms with E-state index in [-0.39, 0.29) is 30.9 Å². The Kier molecular flexibility index (Phi) is 7.40. The standard InChI is InChI=1S/C23H25Cl2NO4/c1-2-19(13-27)26-22(14-6-8-17(24)9-7-14)20(15-4-3-5-18(25)10-15)11-16(23(26)30)12-21(28)29/h3-10,16,19-20,22,27H,2,11-13H2,1H3,(H,28,29)/t16-,19?,20-,22-/m1/s1. The van der Waals surface area contributed by atoms with Crippen molar-refractivity contribution < 1.29 is 19.8 Å². The van der Waals surface area contributed by atoms with Gasteiger partial charge in [-0.1, -0.05) is 54.4 Å². The number of carbonyl (C=O) groups is 2. The van der Waals surface area contributed by atoms with Crippen molar-refractivity contribution in [3.8, 4) is 0 Å². The average Bonchev–Trinajstić information content (AvgIpc) is 2.71. The predicted octanol–water partition coefficient (Wildman–Crippen LogP) is 4.91. The first-order valence-electron chi connectivity index (χ1n) is 10.0. The molecule has 1 fully saturated rings. The number of piperidine rings is 1. The molecule has 4 atom stereocenters. The number of carboxylic acid groups (broad SMARTS) is 1. The predicted molar refractivity (Wildman–Crippen MR) is 117 cm³/mol. The first kappa shape index (κ1) is 22.6. The summed E-state index contributed by atoms with van der Waals surface area (Å²) in [6.45, 7) is 1.71. The van der Waals surface area contributed by atoms with E-state index >= 15 is 0 Å². The molecule has 1 amide bonds. The van der Waals surface area contributed by atoms with Crippen LogP contribution in [0, 0.1) is 5.92 Å². The minimum absolute atomic E-state index is 0.174. The van der Waals surface area contributed by atoms with E-state index in [1.807, 2.05) is 37.3 Å². The molecule has 160 valence electrons. The van der Waals surface area contributed by atoms with Crippen molar-refractivity contribution in [3.05, 3.63) is 69.7 Å². The van der Waals surface area contributed by atoms with Crippen LogP contribution in [0.15, 0.2) is 48.5 Å². The molecule has 1 unspecified atom stereocenters. The van der Waals surface area contributed by atoms with Gasteiger partial charge in [-0.05, 0) is 48.2 Å². The molecule has 2 N–H and O–H groups in total. The Bertz CT molecular complexity index is 898. The average molecular weight is 450 g/mol. The highest BCUT2D eigenvalue weighted by atomic mass is 35.5. The summed E-state index contributed by atoms with van der Waals surface area (Å²) in [5, 5.41) is 20.6. The highest BCUT2D eigenvalue weighted by molar-refractivity contribution is 6.30. The van der Waals surface area contributed by atoms with Crippen LogP contribution in [0.1, 0.15) is 49.3 Å². The zero-order chi connectivity index (χ0) is 21.8. The fourth-order valence-corrected chi connectivity index (χ4v) is 4.71. The first-order chi connectivity index (χ1) is 14.3. The smallest absolute Gasteiger partial charge is 0.304 e. The van der Waals surface area contributed by atoms with Gasteiger partial charge in [-0.25, -0.2) is 0 Å². The molecule has 7 heteroatoms. The number of carboxylic acids is 1. The number of likely N-dealkylation sites (tertiary alicyclic amines) is 1. The van der Waals surface area contributed by atoms with E-state index < -0.39 is 17.9 Å². The van der Waals surface area contributed by atoms with Crippen LogP contribution in [-0.2, 0) is 9.59 Å². The molecule has 5 nitrogen and oxygen atoms in total. The molecule has 0 saturated carbocycles. The number of carbonyl (C=O) groups excluding carboxylic acids is 1. The van der Waals surface area contributed by atoms with Crippen LogP contribution in [-0.4, -0.2) is 39.6 Å². The molecule has 1 saturated heterocycles. The quantitative estimate of drug-likeness (QED) is 0.628. The summed E-state index contributed by atoms with van der Waals surface area (Å²) in [4.78, 5) is 26.6. The van der Waals surface area contributed by atoms with Crippen molar-refractivity contribution in [1.29, 1.82) is 0 Å². The normalized spacial score (nSPS) is 22.7. The molecule has 1 aliphatic rings. The van der Waals surface area contributed by atoms with Crippen LogP contribution in [0.2, 0.25) is 10.0 Å². The number of benzene rings is 2. The second-order valence-electron chi connectivity index (χ2n) is 7.68. The summed E-state index contributed by atoms with van der Waals surface area (Å²) in [5.41, 5.74) is 1.82. The SMILES string of the molecule is CCC(CO)N1C(=O)[C@@H](CC(=O)O)C[C@H](c2cccc(Cl)c2)[C@H]1c1ccc(Cl)cc1. The fraction of sp³-hybridized carbons (Fsp3) is 0.391. The molecule has 2 aromatic carbocycles. The number of halogens is 2. The Balaban J connectivity index is 2.16. The maximum Gasteiger partial charge on any atom is 0.304 e. The van der Waals surface area contributed by atoms with Gasteiger partial charge in [0.2, 0.25) is 5.91 Å². The Morgan fingerprint density at radius 2 is 1.83 bits per heavy atom. The summed E-state index contributed by atoms with van der Waals surface area (Å²) in [7, 11) is 0.